The zero-order valence-corrected chi connectivity index (χ0v) is 21.0. The van der Waals surface area contributed by atoms with Crippen molar-refractivity contribution in [2.75, 3.05) is 5.32 Å². The number of benzene rings is 2. The van der Waals surface area contributed by atoms with Crippen LogP contribution in [0.3, 0.4) is 0 Å². The summed E-state index contributed by atoms with van der Waals surface area (Å²) in [6, 6.07) is 23.6. The summed E-state index contributed by atoms with van der Waals surface area (Å²) >= 11 is 1.08. The molecule has 2 aromatic carbocycles. The molecule has 5 aromatic heterocycles. The number of rotatable bonds is 5. The lowest BCUT2D eigenvalue weighted by Gasteiger charge is -2.07. The van der Waals surface area contributed by atoms with Crippen molar-refractivity contribution in [1.82, 2.24) is 30.1 Å². The van der Waals surface area contributed by atoms with Gasteiger partial charge in [0, 0.05) is 27.8 Å². The predicted octanol–water partition coefficient (Wildman–Crippen LogP) is 6.68. The van der Waals surface area contributed by atoms with Crippen LogP contribution in [0, 0.1) is 5.13 Å². The number of fused-ring (bicyclic) bond motifs is 2. The molecule has 5 heterocycles. The van der Waals surface area contributed by atoms with Crippen LogP contribution in [0.25, 0.3) is 55.3 Å². The van der Waals surface area contributed by atoms with E-state index in [4.69, 9.17) is 9.97 Å². The average Bonchev–Trinajstić information content (AvgIpc) is 3.71. The molecule has 0 radical (unpaired) electrons. The summed E-state index contributed by atoms with van der Waals surface area (Å²) in [7, 11) is 0. The minimum atomic E-state index is -0.244. The van der Waals surface area contributed by atoms with Crippen LogP contribution in [0.4, 0.5) is 10.1 Å². The number of nitrogens with zero attached hydrogens (tertiary/aromatic N) is 4. The lowest BCUT2D eigenvalue weighted by Crippen LogP contribution is -2.11. The van der Waals surface area contributed by atoms with Crippen molar-refractivity contribution < 1.29 is 9.18 Å². The smallest absolute Gasteiger partial charge is 0.255 e. The SMILES string of the molecule is O=C(Nc1cncc(-c2ccc3[nH]nc(-c4nc5c(-c6ccc(F)s6)cccc5[nH]4)c3n2)c1)c1ccccc1. The summed E-state index contributed by atoms with van der Waals surface area (Å²) in [5.41, 5.74) is 6.85. The molecule has 0 spiro atoms. The molecule has 0 aliphatic heterocycles. The fourth-order valence-corrected chi connectivity index (χ4v) is 5.23. The van der Waals surface area contributed by atoms with E-state index in [1.165, 1.54) is 6.07 Å². The van der Waals surface area contributed by atoms with Gasteiger partial charge in [0.25, 0.3) is 5.91 Å². The molecule has 0 saturated heterocycles. The molecule has 0 unspecified atom stereocenters. The normalized spacial score (nSPS) is 11.3. The molecular formula is C29H18FN7OS. The zero-order chi connectivity index (χ0) is 26.3. The van der Waals surface area contributed by atoms with Gasteiger partial charge in [-0.25, -0.2) is 9.97 Å². The van der Waals surface area contributed by atoms with Crippen molar-refractivity contribution in [2.24, 2.45) is 0 Å². The van der Waals surface area contributed by atoms with Crippen LogP contribution >= 0.6 is 11.3 Å². The van der Waals surface area contributed by atoms with Crippen molar-refractivity contribution >= 4 is 45.0 Å². The van der Waals surface area contributed by atoms with Gasteiger partial charge in [-0.1, -0.05) is 30.3 Å². The Balaban J connectivity index is 1.25. The van der Waals surface area contributed by atoms with Crippen molar-refractivity contribution in [1.29, 1.82) is 0 Å². The number of amides is 1. The minimum absolute atomic E-state index is 0.218. The molecule has 0 atom stereocenters. The minimum Gasteiger partial charge on any atom is -0.336 e. The number of nitrogens with one attached hydrogen (secondary N) is 3. The largest absolute Gasteiger partial charge is 0.336 e. The number of carbonyl (C=O) groups is 1. The van der Waals surface area contributed by atoms with E-state index in [2.05, 4.69) is 25.5 Å². The number of hydrogen-bond acceptors (Lipinski definition) is 6. The van der Waals surface area contributed by atoms with E-state index >= 15 is 0 Å². The molecular weight excluding hydrogens is 513 g/mol. The zero-order valence-electron chi connectivity index (χ0n) is 20.1. The third-order valence-corrected chi connectivity index (χ3v) is 7.22. The first-order valence-corrected chi connectivity index (χ1v) is 12.9. The monoisotopic (exact) mass is 531 g/mol. The number of imidazole rings is 1. The van der Waals surface area contributed by atoms with Crippen LogP contribution in [0.2, 0.25) is 0 Å². The van der Waals surface area contributed by atoms with Gasteiger partial charge >= 0.3 is 0 Å². The fraction of sp³-hybridized carbons (Fsp3) is 0. The number of halogens is 1. The van der Waals surface area contributed by atoms with E-state index in [1.54, 1.807) is 30.6 Å². The number of carbonyl (C=O) groups excluding carboxylic acids is 1. The van der Waals surface area contributed by atoms with Crippen LogP contribution in [0.15, 0.2) is 91.3 Å². The molecule has 7 aromatic rings. The van der Waals surface area contributed by atoms with Gasteiger partial charge in [0.05, 0.1) is 34.1 Å². The summed E-state index contributed by atoms with van der Waals surface area (Å²) < 4.78 is 13.7. The fourth-order valence-electron chi connectivity index (χ4n) is 4.47. The van der Waals surface area contributed by atoms with Crippen molar-refractivity contribution in [2.45, 2.75) is 0 Å². The molecule has 0 bridgehead atoms. The molecule has 0 aliphatic carbocycles. The Morgan fingerprint density at radius 2 is 1.77 bits per heavy atom. The molecule has 0 saturated carbocycles. The molecule has 7 rings (SSSR count). The first-order chi connectivity index (χ1) is 19.1. The topological polar surface area (TPSA) is 112 Å². The van der Waals surface area contributed by atoms with Gasteiger partial charge in [0.1, 0.15) is 5.52 Å². The second-order valence-electron chi connectivity index (χ2n) is 8.84. The van der Waals surface area contributed by atoms with Crippen LogP contribution in [-0.2, 0) is 0 Å². The maximum Gasteiger partial charge on any atom is 0.255 e. The van der Waals surface area contributed by atoms with Gasteiger partial charge in [-0.3, -0.25) is 14.9 Å². The van der Waals surface area contributed by atoms with E-state index < -0.39 is 0 Å². The summed E-state index contributed by atoms with van der Waals surface area (Å²) in [4.78, 5) is 30.7. The van der Waals surface area contributed by atoms with Crippen molar-refractivity contribution in [3.8, 4) is 33.2 Å². The lowest BCUT2D eigenvalue weighted by atomic mass is 10.1. The third-order valence-electron chi connectivity index (χ3n) is 6.31. The molecule has 3 N–H and O–H groups in total. The third kappa shape index (κ3) is 4.22. The van der Waals surface area contributed by atoms with Crippen molar-refractivity contribution in [3.05, 3.63) is 102 Å². The van der Waals surface area contributed by atoms with Gasteiger partial charge in [-0.05, 0) is 48.5 Å². The molecule has 0 aliphatic rings. The van der Waals surface area contributed by atoms with Crippen LogP contribution in [0.1, 0.15) is 10.4 Å². The Morgan fingerprint density at radius 3 is 2.62 bits per heavy atom. The summed E-state index contributed by atoms with van der Waals surface area (Å²) in [6.45, 7) is 0. The Kier molecular flexibility index (Phi) is 5.45. The molecule has 0 fully saturated rings. The average molecular weight is 532 g/mol. The number of para-hydroxylation sites is 1. The van der Waals surface area contributed by atoms with Gasteiger partial charge in [-0.2, -0.15) is 9.49 Å². The van der Waals surface area contributed by atoms with E-state index in [9.17, 15) is 9.18 Å². The molecule has 39 heavy (non-hydrogen) atoms. The number of aromatic amines is 2. The number of anilines is 1. The molecule has 10 heteroatoms. The van der Waals surface area contributed by atoms with Gasteiger partial charge < -0.3 is 10.3 Å². The second-order valence-corrected chi connectivity index (χ2v) is 9.87. The maximum atomic E-state index is 13.7. The highest BCUT2D eigenvalue weighted by Crippen LogP contribution is 2.34. The highest BCUT2D eigenvalue weighted by molar-refractivity contribution is 7.14. The van der Waals surface area contributed by atoms with Gasteiger partial charge in [0.15, 0.2) is 16.6 Å². The quantitative estimate of drug-likeness (QED) is 0.229. The maximum absolute atomic E-state index is 13.7. The van der Waals surface area contributed by atoms with Crippen molar-refractivity contribution in [3.63, 3.8) is 0 Å². The van der Waals surface area contributed by atoms with Crippen LogP contribution in [-0.4, -0.2) is 36.0 Å². The first kappa shape index (κ1) is 22.9. The number of pyridine rings is 2. The Hall–Kier alpha value is -5.22. The second kappa shape index (κ2) is 9.26. The number of H-pyrrole nitrogens is 2. The van der Waals surface area contributed by atoms with Crippen LogP contribution in [0.5, 0.6) is 0 Å². The Bertz CT molecular complexity index is 1990. The summed E-state index contributed by atoms with van der Waals surface area (Å²) in [5.74, 6) is 0.331. The number of thiophene rings is 1. The molecule has 1 amide bonds. The number of aromatic nitrogens is 6. The van der Waals surface area contributed by atoms with Gasteiger partial charge in [-0.15, -0.1) is 11.3 Å². The Morgan fingerprint density at radius 1 is 0.872 bits per heavy atom. The van der Waals surface area contributed by atoms with Crippen LogP contribution < -0.4 is 5.32 Å². The van der Waals surface area contributed by atoms with Gasteiger partial charge in [0.2, 0.25) is 0 Å². The molecule has 8 nitrogen and oxygen atoms in total. The van der Waals surface area contributed by atoms with E-state index in [-0.39, 0.29) is 11.0 Å². The lowest BCUT2D eigenvalue weighted by molar-refractivity contribution is 0.102. The number of hydrogen-bond donors (Lipinski definition) is 3. The van der Waals surface area contributed by atoms with E-state index in [0.717, 1.165) is 43.9 Å². The first-order valence-electron chi connectivity index (χ1n) is 12.0. The summed E-state index contributed by atoms with van der Waals surface area (Å²) in [6.07, 6.45) is 3.29. The highest BCUT2D eigenvalue weighted by Gasteiger charge is 2.18. The van der Waals surface area contributed by atoms with E-state index in [1.807, 2.05) is 54.6 Å². The van der Waals surface area contributed by atoms with E-state index in [0.29, 0.717) is 34.0 Å². The molecule has 188 valence electrons. The summed E-state index contributed by atoms with van der Waals surface area (Å²) in [5, 5.41) is 10.1. The Labute approximate surface area is 224 Å². The standard InChI is InChI=1S/C29H18FN7OS/c30-24-12-11-23(39-24)19-7-4-8-21-25(19)35-28(34-21)27-26-22(36-37-27)10-9-20(33-26)17-13-18(15-31-14-17)32-29(38)16-5-2-1-3-6-16/h1-15H,(H,32,38)(H,34,35)(H,36,37). The predicted molar refractivity (Wildman–Crippen MR) is 150 cm³/mol. The highest BCUT2D eigenvalue weighted by atomic mass is 32.1.